The molecule has 0 atom stereocenters. The highest BCUT2D eigenvalue weighted by molar-refractivity contribution is 14.1. The number of nitrogens with zero attached hydrogens (tertiary/aromatic N) is 3. The first kappa shape index (κ1) is 16.7. The summed E-state index contributed by atoms with van der Waals surface area (Å²) in [5.41, 5.74) is 3.12. The van der Waals surface area contributed by atoms with E-state index in [4.69, 9.17) is 0 Å². The zero-order valence-electron chi connectivity index (χ0n) is 13.3. The number of rotatable bonds is 3. The Morgan fingerprint density at radius 2 is 2.21 bits per heavy atom. The molecule has 0 radical (unpaired) electrons. The molecule has 6 nitrogen and oxygen atoms in total. The van der Waals surface area contributed by atoms with Crippen molar-refractivity contribution in [1.82, 2.24) is 9.78 Å². The lowest BCUT2D eigenvalue weighted by Crippen LogP contribution is -2.34. The summed E-state index contributed by atoms with van der Waals surface area (Å²) in [6, 6.07) is 5.43. The van der Waals surface area contributed by atoms with Crippen LogP contribution in [0.2, 0.25) is 0 Å². The zero-order valence-corrected chi connectivity index (χ0v) is 15.4. The molecule has 1 aliphatic heterocycles. The molecule has 0 fully saturated rings. The van der Waals surface area contributed by atoms with Crippen molar-refractivity contribution in [3.63, 3.8) is 0 Å². The fourth-order valence-electron chi connectivity index (χ4n) is 2.78. The number of nitrogens with one attached hydrogen (secondary N) is 1. The average molecular weight is 436 g/mol. The van der Waals surface area contributed by atoms with Crippen LogP contribution in [-0.2, 0) is 18.3 Å². The average Bonchev–Trinajstić information content (AvgIpc) is 2.92. The molecule has 2 heterocycles. The van der Waals surface area contributed by atoms with Crippen LogP contribution in [0.15, 0.2) is 37.1 Å². The van der Waals surface area contributed by atoms with Crippen LogP contribution in [0.1, 0.15) is 22.3 Å². The van der Waals surface area contributed by atoms with Gasteiger partial charge >= 0.3 is 0 Å². The van der Waals surface area contributed by atoms with Gasteiger partial charge in [-0.25, -0.2) is 0 Å². The lowest BCUT2D eigenvalue weighted by molar-refractivity contribution is -0.114. The molecule has 24 heavy (non-hydrogen) atoms. The number of anilines is 2. The standard InChI is InChI=1S/C17H17IN4O2/c1-3-15(23)22-8-4-5-11-9-12(6-7-14(11)22)17(24)20-13-10-19-21(2)16(13)18/h3,6-7,9-10H,1,4-5,8H2,2H3,(H,20,24). The highest BCUT2D eigenvalue weighted by Gasteiger charge is 2.22. The van der Waals surface area contributed by atoms with Gasteiger partial charge < -0.3 is 10.2 Å². The third-order valence-corrected chi connectivity index (χ3v) is 5.29. The molecule has 3 rings (SSSR count). The van der Waals surface area contributed by atoms with Crippen LogP contribution in [0.25, 0.3) is 0 Å². The summed E-state index contributed by atoms with van der Waals surface area (Å²) in [4.78, 5) is 26.1. The zero-order chi connectivity index (χ0) is 17.3. The molecule has 1 aromatic carbocycles. The number of aryl methyl sites for hydroxylation is 2. The van der Waals surface area contributed by atoms with E-state index in [1.165, 1.54) is 6.08 Å². The molecule has 1 aromatic heterocycles. The van der Waals surface area contributed by atoms with Crippen molar-refractivity contribution in [2.75, 3.05) is 16.8 Å². The van der Waals surface area contributed by atoms with Gasteiger partial charge in [-0.15, -0.1) is 0 Å². The molecule has 0 aliphatic carbocycles. The molecule has 2 amide bonds. The number of hydrogen-bond donors (Lipinski definition) is 1. The first-order chi connectivity index (χ1) is 11.5. The van der Waals surface area contributed by atoms with Crippen molar-refractivity contribution < 1.29 is 9.59 Å². The van der Waals surface area contributed by atoms with Crippen molar-refractivity contribution >= 4 is 45.8 Å². The number of amides is 2. The fourth-order valence-corrected chi connectivity index (χ4v) is 3.18. The second-order valence-corrected chi connectivity index (χ2v) is 6.59. The SMILES string of the molecule is C=CC(=O)N1CCCc2cc(C(=O)Nc3cnn(C)c3I)ccc21. The van der Waals surface area contributed by atoms with E-state index in [-0.39, 0.29) is 11.8 Å². The van der Waals surface area contributed by atoms with Crippen molar-refractivity contribution in [2.24, 2.45) is 7.05 Å². The van der Waals surface area contributed by atoms with E-state index in [1.54, 1.807) is 21.8 Å². The summed E-state index contributed by atoms with van der Waals surface area (Å²) in [6.07, 6.45) is 4.67. The van der Waals surface area contributed by atoms with Crippen LogP contribution in [0.5, 0.6) is 0 Å². The molecular formula is C17H17IN4O2. The van der Waals surface area contributed by atoms with E-state index < -0.39 is 0 Å². The number of halogens is 1. The number of carbonyl (C=O) groups excluding carboxylic acids is 2. The smallest absolute Gasteiger partial charge is 0.255 e. The third-order valence-electron chi connectivity index (χ3n) is 4.02. The highest BCUT2D eigenvalue weighted by Crippen LogP contribution is 2.29. The predicted molar refractivity (Wildman–Crippen MR) is 101 cm³/mol. The summed E-state index contributed by atoms with van der Waals surface area (Å²) < 4.78 is 2.56. The number of benzene rings is 1. The Kier molecular flexibility index (Phi) is 4.70. The minimum absolute atomic E-state index is 0.113. The molecular weight excluding hydrogens is 419 g/mol. The fraction of sp³-hybridized carbons (Fsp3) is 0.235. The summed E-state index contributed by atoms with van der Waals surface area (Å²) in [7, 11) is 1.82. The number of aromatic nitrogens is 2. The summed E-state index contributed by atoms with van der Waals surface area (Å²) in [5.74, 6) is -0.297. The normalized spacial score (nSPS) is 13.3. The Morgan fingerprint density at radius 1 is 1.42 bits per heavy atom. The second-order valence-electron chi connectivity index (χ2n) is 5.57. The van der Waals surface area contributed by atoms with Gasteiger partial charge in [0.1, 0.15) is 3.70 Å². The van der Waals surface area contributed by atoms with E-state index >= 15 is 0 Å². The van der Waals surface area contributed by atoms with Gasteiger partial charge in [0, 0.05) is 24.8 Å². The number of fused-ring (bicyclic) bond motifs is 1. The summed E-state index contributed by atoms with van der Waals surface area (Å²) in [5, 5.41) is 6.99. The van der Waals surface area contributed by atoms with E-state index in [1.807, 2.05) is 19.2 Å². The highest BCUT2D eigenvalue weighted by atomic mass is 127. The number of carbonyl (C=O) groups is 2. The van der Waals surface area contributed by atoms with Crippen molar-refractivity contribution in [2.45, 2.75) is 12.8 Å². The van der Waals surface area contributed by atoms with Crippen LogP contribution < -0.4 is 10.2 Å². The number of hydrogen-bond acceptors (Lipinski definition) is 3. The van der Waals surface area contributed by atoms with E-state index in [9.17, 15) is 9.59 Å². The Bertz CT molecular complexity index is 828. The van der Waals surface area contributed by atoms with Crippen LogP contribution >= 0.6 is 22.6 Å². The topological polar surface area (TPSA) is 67.2 Å². The second kappa shape index (κ2) is 6.76. The minimum Gasteiger partial charge on any atom is -0.318 e. The maximum Gasteiger partial charge on any atom is 0.255 e. The molecule has 0 unspecified atom stereocenters. The lowest BCUT2D eigenvalue weighted by atomic mass is 9.98. The van der Waals surface area contributed by atoms with Gasteiger partial charge in [0.15, 0.2) is 0 Å². The minimum atomic E-state index is -0.184. The molecule has 1 aliphatic rings. The molecule has 7 heteroatoms. The Labute approximate surface area is 153 Å². The summed E-state index contributed by atoms with van der Waals surface area (Å²) in [6.45, 7) is 4.23. The maximum absolute atomic E-state index is 12.5. The van der Waals surface area contributed by atoms with Crippen molar-refractivity contribution in [1.29, 1.82) is 0 Å². The van der Waals surface area contributed by atoms with Crippen LogP contribution in [0, 0.1) is 3.70 Å². The van der Waals surface area contributed by atoms with E-state index in [0.717, 1.165) is 27.8 Å². The Hall–Kier alpha value is -2.16. The van der Waals surface area contributed by atoms with Gasteiger partial charge in [-0.1, -0.05) is 6.58 Å². The Morgan fingerprint density at radius 3 is 2.88 bits per heavy atom. The molecule has 124 valence electrons. The quantitative estimate of drug-likeness (QED) is 0.595. The van der Waals surface area contributed by atoms with Crippen LogP contribution in [0.4, 0.5) is 11.4 Å². The van der Waals surface area contributed by atoms with Crippen molar-refractivity contribution in [3.05, 3.63) is 51.9 Å². The lowest BCUT2D eigenvalue weighted by Gasteiger charge is -2.28. The maximum atomic E-state index is 12.5. The van der Waals surface area contributed by atoms with E-state index in [2.05, 4.69) is 39.6 Å². The molecule has 1 N–H and O–H groups in total. The Balaban J connectivity index is 1.85. The van der Waals surface area contributed by atoms with E-state index in [0.29, 0.717) is 17.8 Å². The predicted octanol–water partition coefficient (Wildman–Crippen LogP) is 2.74. The molecule has 0 bridgehead atoms. The molecule has 0 saturated carbocycles. The van der Waals surface area contributed by atoms with Gasteiger partial charge in [-0.05, 0) is 65.3 Å². The largest absolute Gasteiger partial charge is 0.318 e. The van der Waals surface area contributed by atoms with Crippen LogP contribution in [0.3, 0.4) is 0 Å². The van der Waals surface area contributed by atoms with Gasteiger partial charge in [0.05, 0.1) is 11.9 Å². The van der Waals surface area contributed by atoms with Gasteiger partial charge in [0.2, 0.25) is 5.91 Å². The van der Waals surface area contributed by atoms with Gasteiger partial charge in [-0.3, -0.25) is 14.3 Å². The third kappa shape index (κ3) is 3.08. The monoisotopic (exact) mass is 436 g/mol. The first-order valence-electron chi connectivity index (χ1n) is 7.57. The van der Waals surface area contributed by atoms with Gasteiger partial charge in [-0.2, -0.15) is 5.10 Å². The summed E-state index contributed by atoms with van der Waals surface area (Å²) >= 11 is 2.13. The van der Waals surface area contributed by atoms with Crippen LogP contribution in [-0.4, -0.2) is 28.1 Å². The first-order valence-corrected chi connectivity index (χ1v) is 8.65. The molecule has 0 saturated heterocycles. The molecule has 2 aromatic rings. The molecule has 0 spiro atoms. The van der Waals surface area contributed by atoms with Gasteiger partial charge in [0.25, 0.3) is 5.91 Å². The van der Waals surface area contributed by atoms with Crippen molar-refractivity contribution in [3.8, 4) is 0 Å².